The van der Waals surface area contributed by atoms with Gasteiger partial charge in [0.05, 0.1) is 0 Å². The second kappa shape index (κ2) is 2.34. The van der Waals surface area contributed by atoms with Crippen LogP contribution in [0, 0.1) is 4.91 Å². The first-order chi connectivity index (χ1) is 3.18. The highest BCUT2D eigenvalue weighted by atomic mass is 16.3. The van der Waals surface area contributed by atoms with Crippen LogP contribution in [0.5, 0.6) is 0 Å². The Morgan fingerprint density at radius 2 is 2.14 bits per heavy atom. The summed E-state index contributed by atoms with van der Waals surface area (Å²) in [4.78, 5) is 11.1. The van der Waals surface area contributed by atoms with Crippen LogP contribution in [0.15, 0.2) is 17.6 Å². The quantitative estimate of drug-likeness (QED) is 0.480. The minimum atomic E-state index is 0.250. The van der Waals surface area contributed by atoms with Crippen LogP contribution in [0.1, 0.15) is 0 Å². The van der Waals surface area contributed by atoms with Crippen molar-refractivity contribution in [2.24, 2.45) is 5.18 Å². The molecule has 0 aromatic heterocycles. The summed E-state index contributed by atoms with van der Waals surface area (Å²) in [5.41, 5.74) is 0. The van der Waals surface area contributed by atoms with Gasteiger partial charge in [-0.15, -0.1) is 4.91 Å². The Morgan fingerprint density at radius 1 is 1.71 bits per heavy atom. The maximum Gasteiger partial charge on any atom is 0.165 e. The van der Waals surface area contributed by atoms with Crippen LogP contribution in [0.2, 0.25) is 0 Å². The summed E-state index contributed by atoms with van der Waals surface area (Å²) in [6, 6.07) is 0. The number of nitrogens with zero attached hydrogens (tertiary/aromatic N) is 2. The van der Waals surface area contributed by atoms with E-state index in [1.165, 1.54) is 0 Å². The second-order valence-corrected chi connectivity index (χ2v) is 1.40. The van der Waals surface area contributed by atoms with E-state index in [1.54, 1.807) is 19.0 Å². The SMILES string of the molecule is C=C(N=O)N(C)C. The number of hydrogen-bond acceptors (Lipinski definition) is 3. The molecule has 3 heteroatoms. The van der Waals surface area contributed by atoms with Crippen molar-refractivity contribution in [1.29, 1.82) is 0 Å². The van der Waals surface area contributed by atoms with Crippen molar-refractivity contribution in [3.8, 4) is 0 Å². The monoisotopic (exact) mass is 100 g/mol. The molecule has 0 radical (unpaired) electrons. The molecule has 0 heterocycles. The highest BCUT2D eigenvalue weighted by Gasteiger charge is 1.88. The van der Waals surface area contributed by atoms with Crippen molar-refractivity contribution < 1.29 is 0 Å². The molecule has 0 rings (SSSR count). The molecule has 0 aliphatic heterocycles. The molecule has 0 unspecified atom stereocenters. The minimum Gasteiger partial charge on any atom is -0.360 e. The Kier molecular flexibility index (Phi) is 2.05. The van der Waals surface area contributed by atoms with Crippen LogP contribution in [0.4, 0.5) is 0 Å². The van der Waals surface area contributed by atoms with Gasteiger partial charge in [-0.3, -0.25) is 0 Å². The van der Waals surface area contributed by atoms with Crippen LogP contribution in [-0.2, 0) is 0 Å². The van der Waals surface area contributed by atoms with E-state index in [9.17, 15) is 4.91 Å². The van der Waals surface area contributed by atoms with E-state index in [0.29, 0.717) is 0 Å². The summed E-state index contributed by atoms with van der Waals surface area (Å²) in [6.45, 7) is 3.32. The molecule has 7 heavy (non-hydrogen) atoms. The van der Waals surface area contributed by atoms with Crippen molar-refractivity contribution in [2.75, 3.05) is 14.1 Å². The van der Waals surface area contributed by atoms with Crippen molar-refractivity contribution in [2.45, 2.75) is 0 Å². The third-order valence-electron chi connectivity index (χ3n) is 0.622. The lowest BCUT2D eigenvalue weighted by atomic mass is 10.7. The molecule has 0 spiro atoms. The smallest absolute Gasteiger partial charge is 0.165 e. The first-order valence-corrected chi connectivity index (χ1v) is 1.88. The van der Waals surface area contributed by atoms with Gasteiger partial charge in [-0.25, -0.2) is 0 Å². The van der Waals surface area contributed by atoms with E-state index in [1.807, 2.05) is 0 Å². The maximum atomic E-state index is 9.56. The molecule has 0 aromatic rings. The first-order valence-electron chi connectivity index (χ1n) is 1.88. The van der Waals surface area contributed by atoms with E-state index >= 15 is 0 Å². The zero-order chi connectivity index (χ0) is 5.86. The zero-order valence-corrected chi connectivity index (χ0v) is 4.51. The number of nitroso groups, excluding NO2 is 1. The van der Waals surface area contributed by atoms with E-state index < -0.39 is 0 Å². The first kappa shape index (κ1) is 6.14. The third kappa shape index (κ3) is 1.92. The predicted molar refractivity (Wildman–Crippen MR) is 28.6 cm³/mol. The molecule has 0 atom stereocenters. The molecule has 0 aliphatic carbocycles. The average Bonchev–Trinajstić information content (AvgIpc) is 1.65. The molecule has 0 saturated carbocycles. The van der Waals surface area contributed by atoms with Gasteiger partial charge in [0.1, 0.15) is 0 Å². The fourth-order valence-corrected chi connectivity index (χ4v) is 0.0816. The second-order valence-electron chi connectivity index (χ2n) is 1.40. The molecule has 0 aliphatic rings. The van der Waals surface area contributed by atoms with Crippen molar-refractivity contribution in [1.82, 2.24) is 4.90 Å². The molecule has 3 nitrogen and oxygen atoms in total. The Hall–Kier alpha value is -0.860. The molecule has 40 valence electrons. The lowest BCUT2D eigenvalue weighted by molar-refractivity contribution is 0.508. The molecule has 0 bridgehead atoms. The molecule has 0 aromatic carbocycles. The van der Waals surface area contributed by atoms with Gasteiger partial charge in [0.15, 0.2) is 5.82 Å². The van der Waals surface area contributed by atoms with Crippen LogP contribution >= 0.6 is 0 Å². The van der Waals surface area contributed by atoms with Gasteiger partial charge >= 0.3 is 0 Å². The van der Waals surface area contributed by atoms with Gasteiger partial charge in [-0.05, 0) is 5.18 Å². The zero-order valence-electron chi connectivity index (χ0n) is 4.51. The topological polar surface area (TPSA) is 32.7 Å². The van der Waals surface area contributed by atoms with Crippen LogP contribution in [0.3, 0.4) is 0 Å². The summed E-state index contributed by atoms with van der Waals surface area (Å²) < 4.78 is 0. The third-order valence-corrected chi connectivity index (χ3v) is 0.622. The van der Waals surface area contributed by atoms with Crippen LogP contribution in [-0.4, -0.2) is 19.0 Å². The normalized spacial score (nSPS) is 7.71. The lowest BCUT2D eigenvalue weighted by Gasteiger charge is -2.05. The predicted octanol–water partition coefficient (Wildman–Crippen LogP) is 0.786. The van der Waals surface area contributed by atoms with E-state index in [-0.39, 0.29) is 5.82 Å². The summed E-state index contributed by atoms with van der Waals surface area (Å²) in [6.07, 6.45) is 0. The molecule has 0 amide bonds. The van der Waals surface area contributed by atoms with Gasteiger partial charge in [0.25, 0.3) is 0 Å². The highest BCUT2D eigenvalue weighted by Crippen LogP contribution is 1.91. The Labute approximate surface area is 42.6 Å². The molecule has 0 fully saturated rings. The molecule has 0 N–H and O–H groups in total. The summed E-state index contributed by atoms with van der Waals surface area (Å²) in [7, 11) is 3.42. The van der Waals surface area contributed by atoms with Gasteiger partial charge in [0, 0.05) is 14.1 Å². The highest BCUT2D eigenvalue weighted by molar-refractivity contribution is 4.85. The van der Waals surface area contributed by atoms with Crippen molar-refractivity contribution in [3.05, 3.63) is 17.3 Å². The Bertz CT molecular complexity index is 87.7. The molecular weight excluding hydrogens is 92.1 g/mol. The fraction of sp³-hybridized carbons (Fsp3) is 0.500. The van der Waals surface area contributed by atoms with Gasteiger partial charge < -0.3 is 4.90 Å². The number of hydrogen-bond donors (Lipinski definition) is 0. The maximum absolute atomic E-state index is 9.56. The van der Waals surface area contributed by atoms with Crippen molar-refractivity contribution >= 4 is 0 Å². The standard InChI is InChI=1S/C4H8N2O/c1-4(5-7)6(2)3/h1H2,2-3H3. The van der Waals surface area contributed by atoms with Crippen LogP contribution in [0.25, 0.3) is 0 Å². The summed E-state index contributed by atoms with van der Waals surface area (Å²) in [5.74, 6) is 0.250. The van der Waals surface area contributed by atoms with Gasteiger partial charge in [-0.2, -0.15) is 0 Å². The average molecular weight is 100 g/mol. The molecule has 0 saturated heterocycles. The Balaban J connectivity index is 3.56. The van der Waals surface area contributed by atoms with Crippen molar-refractivity contribution in [3.63, 3.8) is 0 Å². The van der Waals surface area contributed by atoms with E-state index in [0.717, 1.165) is 0 Å². The largest absolute Gasteiger partial charge is 0.360 e. The van der Waals surface area contributed by atoms with Gasteiger partial charge in [0.2, 0.25) is 0 Å². The van der Waals surface area contributed by atoms with Gasteiger partial charge in [-0.1, -0.05) is 6.58 Å². The van der Waals surface area contributed by atoms with Crippen LogP contribution < -0.4 is 0 Å². The lowest BCUT2D eigenvalue weighted by Crippen LogP contribution is -2.06. The fourth-order valence-electron chi connectivity index (χ4n) is 0.0816. The van der Waals surface area contributed by atoms with E-state index in [2.05, 4.69) is 11.8 Å². The Morgan fingerprint density at radius 3 is 2.14 bits per heavy atom. The summed E-state index contributed by atoms with van der Waals surface area (Å²) >= 11 is 0. The minimum absolute atomic E-state index is 0.250. The molecular formula is C4H8N2O. The number of rotatable bonds is 2. The van der Waals surface area contributed by atoms with E-state index in [4.69, 9.17) is 0 Å². The summed E-state index contributed by atoms with van der Waals surface area (Å²) in [5, 5.41) is 2.57.